The van der Waals surface area contributed by atoms with E-state index in [0.29, 0.717) is 11.8 Å². The monoisotopic (exact) mass is 450 g/mol. The van der Waals surface area contributed by atoms with Crippen LogP contribution in [0.5, 0.6) is 0 Å². The fraction of sp³-hybridized carbons (Fsp3) is 0.333. The normalized spacial score (nSPS) is 17.7. The highest BCUT2D eigenvalue weighted by molar-refractivity contribution is 5.85. The van der Waals surface area contributed by atoms with E-state index < -0.39 is 0 Å². The Bertz CT molecular complexity index is 1180. The number of benzene rings is 3. The molecule has 0 saturated heterocycles. The summed E-state index contributed by atoms with van der Waals surface area (Å²) >= 11 is 0. The maximum absolute atomic E-state index is 14.8. The molecule has 0 bridgehead atoms. The summed E-state index contributed by atoms with van der Waals surface area (Å²) in [7, 11) is 0. The number of hydrogen-bond donors (Lipinski definition) is 0. The van der Waals surface area contributed by atoms with Crippen LogP contribution in [0.4, 0.5) is 4.39 Å². The Morgan fingerprint density at radius 2 is 1.50 bits per heavy atom. The summed E-state index contributed by atoms with van der Waals surface area (Å²) in [6, 6.07) is 18.3. The van der Waals surface area contributed by atoms with Crippen LogP contribution in [0.2, 0.25) is 0 Å². The molecule has 0 heterocycles. The Hall–Kier alpha value is -3.11. The molecule has 0 unspecified atom stereocenters. The zero-order valence-electron chi connectivity index (χ0n) is 20.2. The first-order valence-electron chi connectivity index (χ1n) is 12.7. The number of fused-ring (bicyclic) bond motifs is 1. The van der Waals surface area contributed by atoms with E-state index in [-0.39, 0.29) is 5.82 Å². The van der Waals surface area contributed by atoms with Gasteiger partial charge >= 0.3 is 0 Å². The van der Waals surface area contributed by atoms with E-state index in [4.69, 9.17) is 0 Å². The van der Waals surface area contributed by atoms with Crippen LogP contribution in [-0.2, 0) is 12.8 Å². The van der Waals surface area contributed by atoms with Crippen molar-refractivity contribution in [2.75, 3.05) is 0 Å². The summed E-state index contributed by atoms with van der Waals surface area (Å²) in [5, 5.41) is 1.55. The second-order valence-corrected chi connectivity index (χ2v) is 9.70. The van der Waals surface area contributed by atoms with Crippen molar-refractivity contribution >= 4 is 10.8 Å². The lowest BCUT2D eigenvalue weighted by molar-refractivity contribution is 0.265. The molecular weight excluding hydrogens is 415 g/mol. The van der Waals surface area contributed by atoms with Gasteiger partial charge in [-0.25, -0.2) is 4.39 Å². The van der Waals surface area contributed by atoms with Gasteiger partial charge in [-0.15, -0.1) is 13.2 Å². The smallest absolute Gasteiger partial charge is 0.134 e. The van der Waals surface area contributed by atoms with E-state index in [1.54, 1.807) is 0 Å². The van der Waals surface area contributed by atoms with Crippen molar-refractivity contribution in [1.29, 1.82) is 0 Å². The molecule has 1 heteroatoms. The first-order chi connectivity index (χ1) is 16.7. The van der Waals surface area contributed by atoms with Crippen LogP contribution in [0.25, 0.3) is 10.8 Å². The largest absolute Gasteiger partial charge is 0.206 e. The Kier molecular flexibility index (Phi) is 8.37. The number of rotatable bonds is 8. The average Bonchev–Trinajstić information content (AvgIpc) is 2.87. The Balaban J connectivity index is 1.35. The fourth-order valence-electron chi connectivity index (χ4n) is 5.13. The molecule has 1 fully saturated rings. The SMILES string of the molecule is C=CCCc1ccc2cc(C#Cc3ccc(CCC4CCC(CC=C)CC4)cc3)ccc2c1F. The number of halogens is 1. The minimum atomic E-state index is -0.126. The van der Waals surface area contributed by atoms with Gasteiger partial charge in [-0.05, 0) is 97.6 Å². The fourth-order valence-corrected chi connectivity index (χ4v) is 5.13. The van der Waals surface area contributed by atoms with Crippen LogP contribution in [0.3, 0.4) is 0 Å². The standard InChI is InChI=1S/C33H35F/c1-3-5-7-30-21-22-31-24-29(20-23-32(31)33(30)34)19-18-28-16-14-27(15-17-28)13-12-26-10-8-25(6-4-2)9-11-26/h3-4,14-17,20-26H,1-2,5-13H2. The van der Waals surface area contributed by atoms with Crippen molar-refractivity contribution < 1.29 is 4.39 Å². The highest BCUT2D eigenvalue weighted by Crippen LogP contribution is 2.33. The number of hydrogen-bond acceptors (Lipinski definition) is 0. The lowest BCUT2D eigenvalue weighted by Crippen LogP contribution is -2.14. The van der Waals surface area contributed by atoms with E-state index in [1.807, 2.05) is 36.4 Å². The maximum Gasteiger partial charge on any atom is 0.134 e. The molecule has 0 aliphatic heterocycles. The average molecular weight is 451 g/mol. The van der Waals surface area contributed by atoms with Crippen LogP contribution in [0, 0.1) is 29.5 Å². The van der Waals surface area contributed by atoms with E-state index in [1.165, 1.54) is 44.1 Å². The molecule has 4 rings (SSSR count). The van der Waals surface area contributed by atoms with Gasteiger partial charge in [0.2, 0.25) is 0 Å². The molecule has 174 valence electrons. The second-order valence-electron chi connectivity index (χ2n) is 9.70. The van der Waals surface area contributed by atoms with Crippen LogP contribution in [0.15, 0.2) is 79.9 Å². The molecule has 0 amide bonds. The van der Waals surface area contributed by atoms with Crippen molar-refractivity contribution in [1.82, 2.24) is 0 Å². The third-order valence-corrected chi connectivity index (χ3v) is 7.26. The molecule has 1 aliphatic rings. The molecule has 1 aliphatic carbocycles. The highest BCUT2D eigenvalue weighted by atomic mass is 19.1. The molecule has 0 radical (unpaired) electrons. The molecule has 0 spiro atoms. The summed E-state index contributed by atoms with van der Waals surface area (Å²) in [4.78, 5) is 0. The lowest BCUT2D eigenvalue weighted by atomic mass is 9.78. The van der Waals surface area contributed by atoms with Gasteiger partial charge in [0.15, 0.2) is 0 Å². The van der Waals surface area contributed by atoms with Crippen LogP contribution in [0.1, 0.15) is 67.2 Å². The van der Waals surface area contributed by atoms with Crippen molar-refractivity contribution in [2.45, 2.75) is 57.8 Å². The zero-order chi connectivity index (χ0) is 23.8. The molecule has 3 aromatic carbocycles. The van der Waals surface area contributed by atoms with Crippen LogP contribution >= 0.6 is 0 Å². The zero-order valence-corrected chi connectivity index (χ0v) is 20.2. The van der Waals surface area contributed by atoms with Gasteiger partial charge in [0.1, 0.15) is 5.82 Å². The first kappa shape index (κ1) is 24.0. The van der Waals surface area contributed by atoms with Gasteiger partial charge in [-0.3, -0.25) is 0 Å². The van der Waals surface area contributed by atoms with Crippen molar-refractivity contribution in [3.63, 3.8) is 0 Å². The Morgan fingerprint density at radius 3 is 2.24 bits per heavy atom. The van der Waals surface area contributed by atoms with Gasteiger partial charge in [-0.1, -0.05) is 67.2 Å². The van der Waals surface area contributed by atoms with Crippen molar-refractivity contribution in [2.24, 2.45) is 11.8 Å². The summed E-state index contributed by atoms with van der Waals surface area (Å²) < 4.78 is 14.8. The summed E-state index contributed by atoms with van der Waals surface area (Å²) in [6.45, 7) is 7.61. The number of aryl methyl sites for hydroxylation is 2. The highest BCUT2D eigenvalue weighted by Gasteiger charge is 2.19. The van der Waals surface area contributed by atoms with Gasteiger partial charge in [0.05, 0.1) is 0 Å². The quantitative estimate of drug-likeness (QED) is 0.237. The summed E-state index contributed by atoms with van der Waals surface area (Å²) in [6.07, 6.45) is 14.4. The van der Waals surface area contributed by atoms with Crippen LogP contribution < -0.4 is 0 Å². The van der Waals surface area contributed by atoms with E-state index in [0.717, 1.165) is 46.8 Å². The Labute approximate surface area is 204 Å². The second kappa shape index (κ2) is 11.8. The van der Waals surface area contributed by atoms with E-state index in [2.05, 4.69) is 55.3 Å². The number of allylic oxidation sites excluding steroid dienone is 2. The molecule has 0 N–H and O–H groups in total. The van der Waals surface area contributed by atoms with Gasteiger partial charge in [-0.2, -0.15) is 0 Å². The third kappa shape index (κ3) is 6.27. The summed E-state index contributed by atoms with van der Waals surface area (Å²) in [5.41, 5.74) is 4.06. The first-order valence-corrected chi connectivity index (χ1v) is 12.7. The van der Waals surface area contributed by atoms with Crippen molar-refractivity contribution in [3.8, 4) is 11.8 Å². The maximum atomic E-state index is 14.8. The Morgan fingerprint density at radius 1 is 0.794 bits per heavy atom. The molecule has 0 atom stereocenters. The van der Waals surface area contributed by atoms with Gasteiger partial charge in [0, 0.05) is 16.5 Å². The molecule has 0 aromatic heterocycles. The van der Waals surface area contributed by atoms with Crippen LogP contribution in [-0.4, -0.2) is 0 Å². The molecule has 0 nitrogen and oxygen atoms in total. The minimum absolute atomic E-state index is 0.126. The molecule has 34 heavy (non-hydrogen) atoms. The molecule has 3 aromatic rings. The minimum Gasteiger partial charge on any atom is -0.206 e. The predicted molar refractivity (Wildman–Crippen MR) is 143 cm³/mol. The third-order valence-electron chi connectivity index (χ3n) is 7.26. The van der Waals surface area contributed by atoms with E-state index >= 15 is 0 Å². The van der Waals surface area contributed by atoms with Crippen molar-refractivity contribution in [3.05, 3.63) is 108 Å². The summed E-state index contributed by atoms with van der Waals surface area (Å²) in [5.74, 6) is 8.13. The predicted octanol–water partition coefficient (Wildman–Crippen LogP) is 8.81. The molecular formula is C33H35F. The van der Waals surface area contributed by atoms with Gasteiger partial charge in [0.25, 0.3) is 0 Å². The van der Waals surface area contributed by atoms with Gasteiger partial charge < -0.3 is 0 Å². The molecule has 1 saturated carbocycles. The topological polar surface area (TPSA) is 0 Å². The van der Waals surface area contributed by atoms with E-state index in [9.17, 15) is 4.39 Å². The lowest BCUT2D eigenvalue weighted by Gasteiger charge is -2.27.